The van der Waals surface area contributed by atoms with Crippen LogP contribution < -0.4 is 4.74 Å². The number of ether oxygens (including phenoxy) is 1. The maximum absolute atomic E-state index is 12.1. The van der Waals surface area contributed by atoms with Crippen molar-refractivity contribution in [2.75, 3.05) is 19.7 Å². The minimum Gasteiger partial charge on any atom is -0.483 e. The number of amides is 1. The number of hydrogen-bond acceptors (Lipinski definition) is 3. The number of aryl methyl sites for hydroxylation is 2. The summed E-state index contributed by atoms with van der Waals surface area (Å²) in [7, 11) is 0. The largest absolute Gasteiger partial charge is 0.483 e. The van der Waals surface area contributed by atoms with Crippen LogP contribution in [-0.4, -0.2) is 41.6 Å². The van der Waals surface area contributed by atoms with Crippen LogP contribution in [0.2, 0.25) is 0 Å². The van der Waals surface area contributed by atoms with Gasteiger partial charge in [-0.3, -0.25) is 9.59 Å². The summed E-state index contributed by atoms with van der Waals surface area (Å²) >= 11 is 0. The molecule has 1 heterocycles. The molecule has 21 heavy (non-hydrogen) atoms. The van der Waals surface area contributed by atoms with E-state index in [0.717, 1.165) is 16.9 Å². The summed E-state index contributed by atoms with van der Waals surface area (Å²) in [4.78, 5) is 24.7. The van der Waals surface area contributed by atoms with Gasteiger partial charge < -0.3 is 14.7 Å². The second-order valence-electron chi connectivity index (χ2n) is 5.55. The summed E-state index contributed by atoms with van der Waals surface area (Å²) in [6, 6.07) is 5.88. The van der Waals surface area contributed by atoms with Crippen LogP contribution in [0.3, 0.4) is 0 Å². The van der Waals surface area contributed by atoms with E-state index < -0.39 is 5.97 Å². The van der Waals surface area contributed by atoms with E-state index in [1.54, 1.807) is 4.90 Å². The van der Waals surface area contributed by atoms with E-state index in [-0.39, 0.29) is 18.4 Å². The zero-order chi connectivity index (χ0) is 15.4. The summed E-state index contributed by atoms with van der Waals surface area (Å²) < 4.78 is 5.60. The van der Waals surface area contributed by atoms with Crippen LogP contribution >= 0.6 is 0 Å². The Hall–Kier alpha value is -2.04. The highest BCUT2D eigenvalue weighted by molar-refractivity contribution is 5.78. The number of piperidine rings is 1. The van der Waals surface area contributed by atoms with E-state index in [0.29, 0.717) is 25.9 Å². The molecular formula is C16H21NO4. The fourth-order valence-corrected chi connectivity index (χ4v) is 2.47. The zero-order valence-corrected chi connectivity index (χ0v) is 12.5. The van der Waals surface area contributed by atoms with Gasteiger partial charge in [0.05, 0.1) is 5.92 Å². The van der Waals surface area contributed by atoms with E-state index >= 15 is 0 Å². The minimum absolute atomic E-state index is 0.00202. The maximum atomic E-state index is 12.1. The van der Waals surface area contributed by atoms with Crippen molar-refractivity contribution in [3.63, 3.8) is 0 Å². The molecule has 0 aromatic heterocycles. The van der Waals surface area contributed by atoms with Gasteiger partial charge in [-0.15, -0.1) is 0 Å². The Bertz CT molecular complexity index is 533. The third-order valence-electron chi connectivity index (χ3n) is 3.89. The first-order chi connectivity index (χ1) is 9.97. The van der Waals surface area contributed by atoms with Gasteiger partial charge in [-0.2, -0.15) is 0 Å². The molecule has 1 aliphatic rings. The number of carbonyl (C=O) groups excluding carboxylic acids is 1. The van der Waals surface area contributed by atoms with Gasteiger partial charge in [-0.05, 0) is 43.9 Å². The highest BCUT2D eigenvalue weighted by atomic mass is 16.5. The fourth-order valence-electron chi connectivity index (χ4n) is 2.47. The van der Waals surface area contributed by atoms with Crippen molar-refractivity contribution in [1.29, 1.82) is 0 Å². The van der Waals surface area contributed by atoms with Crippen molar-refractivity contribution in [3.05, 3.63) is 29.3 Å². The Labute approximate surface area is 124 Å². The average Bonchev–Trinajstić information content (AvgIpc) is 2.48. The lowest BCUT2D eigenvalue weighted by Gasteiger charge is -2.30. The highest BCUT2D eigenvalue weighted by Crippen LogP contribution is 2.20. The van der Waals surface area contributed by atoms with Crippen LogP contribution in [0.15, 0.2) is 18.2 Å². The summed E-state index contributed by atoms with van der Waals surface area (Å²) in [6.45, 7) is 4.91. The average molecular weight is 291 g/mol. The van der Waals surface area contributed by atoms with Crippen molar-refractivity contribution in [2.24, 2.45) is 5.92 Å². The summed E-state index contributed by atoms with van der Waals surface area (Å²) in [5.41, 5.74) is 2.09. The van der Waals surface area contributed by atoms with Gasteiger partial charge in [0.25, 0.3) is 5.91 Å². The number of aliphatic carboxylic acids is 1. The lowest BCUT2D eigenvalue weighted by molar-refractivity contribution is -0.146. The molecular weight excluding hydrogens is 270 g/mol. The molecule has 5 nitrogen and oxygen atoms in total. The van der Waals surface area contributed by atoms with Gasteiger partial charge in [0.1, 0.15) is 5.75 Å². The molecule has 1 aromatic rings. The standard InChI is InChI=1S/C16H21NO4/c1-11-3-4-12(2)14(9-11)21-10-15(18)17-7-5-13(6-8-17)16(19)20/h3-4,9,13H,5-8,10H2,1-2H3,(H,19,20). The molecule has 0 radical (unpaired) electrons. The van der Waals surface area contributed by atoms with Crippen LogP contribution in [0.4, 0.5) is 0 Å². The normalized spacial score (nSPS) is 15.8. The maximum Gasteiger partial charge on any atom is 0.306 e. The molecule has 1 amide bonds. The topological polar surface area (TPSA) is 66.8 Å². The molecule has 5 heteroatoms. The molecule has 0 unspecified atom stereocenters. The number of likely N-dealkylation sites (tertiary alicyclic amines) is 1. The molecule has 1 saturated heterocycles. The first kappa shape index (κ1) is 15.4. The minimum atomic E-state index is -0.770. The number of hydrogen-bond donors (Lipinski definition) is 1. The van der Waals surface area contributed by atoms with Crippen LogP contribution in [0.1, 0.15) is 24.0 Å². The highest BCUT2D eigenvalue weighted by Gasteiger charge is 2.27. The fraction of sp³-hybridized carbons (Fsp3) is 0.500. The van der Waals surface area contributed by atoms with Crippen molar-refractivity contribution in [1.82, 2.24) is 4.90 Å². The number of carboxylic acids is 1. The number of carboxylic acid groups (broad SMARTS) is 1. The molecule has 2 rings (SSSR count). The first-order valence-electron chi connectivity index (χ1n) is 7.18. The number of rotatable bonds is 4. The van der Waals surface area contributed by atoms with Gasteiger partial charge in [0.2, 0.25) is 0 Å². The van der Waals surface area contributed by atoms with E-state index in [4.69, 9.17) is 9.84 Å². The quantitative estimate of drug-likeness (QED) is 0.921. The predicted molar refractivity (Wildman–Crippen MR) is 78.4 cm³/mol. The summed E-state index contributed by atoms with van der Waals surface area (Å²) in [5.74, 6) is -0.453. The van der Waals surface area contributed by atoms with Crippen LogP contribution in [0, 0.1) is 19.8 Å². The van der Waals surface area contributed by atoms with Crippen molar-refractivity contribution < 1.29 is 19.4 Å². The van der Waals surface area contributed by atoms with Gasteiger partial charge in [0, 0.05) is 13.1 Å². The monoisotopic (exact) mass is 291 g/mol. The van der Waals surface area contributed by atoms with Crippen molar-refractivity contribution in [2.45, 2.75) is 26.7 Å². The molecule has 1 aliphatic heterocycles. The Morgan fingerprint density at radius 1 is 1.29 bits per heavy atom. The third-order valence-corrected chi connectivity index (χ3v) is 3.89. The molecule has 0 bridgehead atoms. The van der Waals surface area contributed by atoms with Gasteiger partial charge in [-0.1, -0.05) is 12.1 Å². The van der Waals surface area contributed by atoms with E-state index in [1.807, 2.05) is 32.0 Å². The van der Waals surface area contributed by atoms with Crippen LogP contribution in [0.25, 0.3) is 0 Å². The Morgan fingerprint density at radius 3 is 2.57 bits per heavy atom. The molecule has 0 saturated carbocycles. The third kappa shape index (κ3) is 3.97. The predicted octanol–water partition coefficient (Wildman–Crippen LogP) is 2.01. The number of carbonyl (C=O) groups is 2. The SMILES string of the molecule is Cc1ccc(C)c(OCC(=O)N2CCC(C(=O)O)CC2)c1. The lowest BCUT2D eigenvalue weighted by atomic mass is 9.97. The molecule has 1 aromatic carbocycles. The lowest BCUT2D eigenvalue weighted by Crippen LogP contribution is -2.42. The van der Waals surface area contributed by atoms with Crippen LogP contribution in [0.5, 0.6) is 5.75 Å². The van der Waals surface area contributed by atoms with Crippen LogP contribution in [-0.2, 0) is 9.59 Å². The summed E-state index contributed by atoms with van der Waals surface area (Å²) in [5, 5.41) is 8.94. The van der Waals surface area contributed by atoms with E-state index in [9.17, 15) is 9.59 Å². The zero-order valence-electron chi connectivity index (χ0n) is 12.5. The van der Waals surface area contributed by atoms with Gasteiger partial charge in [0.15, 0.2) is 6.61 Å². The molecule has 1 fully saturated rings. The Kier molecular flexibility index (Phi) is 4.83. The number of benzene rings is 1. The van der Waals surface area contributed by atoms with Crippen molar-refractivity contribution in [3.8, 4) is 5.75 Å². The van der Waals surface area contributed by atoms with E-state index in [2.05, 4.69) is 0 Å². The second-order valence-corrected chi connectivity index (χ2v) is 5.55. The smallest absolute Gasteiger partial charge is 0.306 e. The Morgan fingerprint density at radius 2 is 1.95 bits per heavy atom. The van der Waals surface area contributed by atoms with E-state index in [1.165, 1.54) is 0 Å². The van der Waals surface area contributed by atoms with Gasteiger partial charge in [-0.25, -0.2) is 0 Å². The molecule has 0 atom stereocenters. The molecule has 0 spiro atoms. The summed E-state index contributed by atoms with van der Waals surface area (Å²) in [6.07, 6.45) is 1.04. The van der Waals surface area contributed by atoms with Crippen molar-refractivity contribution >= 4 is 11.9 Å². The van der Waals surface area contributed by atoms with Gasteiger partial charge >= 0.3 is 5.97 Å². The first-order valence-corrected chi connectivity index (χ1v) is 7.18. The second kappa shape index (κ2) is 6.61. The number of nitrogens with zero attached hydrogens (tertiary/aromatic N) is 1. The molecule has 114 valence electrons. The molecule has 1 N–H and O–H groups in total. The molecule has 0 aliphatic carbocycles. The Balaban J connectivity index is 1.85.